The third-order valence-electron chi connectivity index (χ3n) is 6.58. The molecule has 2 aliphatic carbocycles. The Balaban J connectivity index is 0.000000292. The highest BCUT2D eigenvalue weighted by atomic mass is 16.5. The van der Waals surface area contributed by atoms with Gasteiger partial charge in [0.2, 0.25) is 0 Å². The number of carbonyl (C=O) groups is 2. The molecule has 0 bridgehead atoms. The maximum absolute atomic E-state index is 11.0. The fourth-order valence-corrected chi connectivity index (χ4v) is 4.55. The van der Waals surface area contributed by atoms with E-state index < -0.39 is 0 Å². The summed E-state index contributed by atoms with van der Waals surface area (Å²) < 4.78 is 10.3. The van der Waals surface area contributed by atoms with Crippen molar-refractivity contribution < 1.29 is 19.1 Å². The van der Waals surface area contributed by atoms with Gasteiger partial charge in [0.25, 0.3) is 0 Å². The van der Waals surface area contributed by atoms with E-state index in [-0.39, 0.29) is 18.0 Å². The lowest BCUT2D eigenvalue weighted by atomic mass is 9.76. The van der Waals surface area contributed by atoms with Crippen LogP contribution in [0.3, 0.4) is 0 Å². The topological polar surface area (TPSA) is 52.6 Å². The van der Waals surface area contributed by atoms with Gasteiger partial charge >= 0.3 is 11.9 Å². The van der Waals surface area contributed by atoms with Crippen molar-refractivity contribution in [3.05, 3.63) is 0 Å². The minimum atomic E-state index is -0.145. The zero-order valence-electron chi connectivity index (χ0n) is 19.0. The van der Waals surface area contributed by atoms with E-state index in [9.17, 15) is 9.59 Å². The summed E-state index contributed by atoms with van der Waals surface area (Å²) in [4.78, 5) is 21.6. The maximum atomic E-state index is 11.0. The van der Waals surface area contributed by atoms with Crippen LogP contribution < -0.4 is 0 Å². The van der Waals surface area contributed by atoms with Crippen molar-refractivity contribution in [2.75, 3.05) is 6.61 Å². The molecule has 0 aromatic carbocycles. The van der Waals surface area contributed by atoms with Gasteiger partial charge in [0, 0.05) is 13.3 Å². The van der Waals surface area contributed by atoms with Gasteiger partial charge in [-0.15, -0.1) is 0 Å². The van der Waals surface area contributed by atoms with Crippen LogP contribution in [-0.4, -0.2) is 24.6 Å². The summed E-state index contributed by atoms with van der Waals surface area (Å²) in [5.41, 5.74) is 0. The lowest BCUT2D eigenvalue weighted by molar-refractivity contribution is -0.148. The molecule has 28 heavy (non-hydrogen) atoms. The lowest BCUT2D eigenvalue weighted by Gasteiger charge is -2.30. The van der Waals surface area contributed by atoms with Crippen LogP contribution in [0.5, 0.6) is 0 Å². The largest absolute Gasteiger partial charge is 0.466 e. The highest BCUT2D eigenvalue weighted by Gasteiger charge is 2.23. The van der Waals surface area contributed by atoms with Gasteiger partial charge in [-0.25, -0.2) is 0 Å². The number of esters is 2. The SMILES string of the molecule is CC(=O)OC(C)C1CCCCC1.CCC(=O)OCCC1CCC(C(C)C)CC1. The number of rotatable bonds is 7. The van der Waals surface area contributed by atoms with Gasteiger partial charge in [0.1, 0.15) is 6.10 Å². The molecule has 4 nitrogen and oxygen atoms in total. The molecule has 2 fully saturated rings. The van der Waals surface area contributed by atoms with Crippen molar-refractivity contribution in [1.82, 2.24) is 0 Å². The highest BCUT2D eigenvalue weighted by molar-refractivity contribution is 5.68. The Labute approximate surface area is 173 Å². The summed E-state index contributed by atoms with van der Waals surface area (Å²) in [6, 6.07) is 0. The van der Waals surface area contributed by atoms with Crippen LogP contribution in [0.15, 0.2) is 0 Å². The van der Waals surface area contributed by atoms with E-state index >= 15 is 0 Å². The average molecular weight is 397 g/mol. The first-order chi connectivity index (χ1) is 13.3. The molecule has 2 saturated carbocycles. The van der Waals surface area contributed by atoms with Crippen LogP contribution in [0.25, 0.3) is 0 Å². The van der Waals surface area contributed by atoms with Gasteiger partial charge in [-0.3, -0.25) is 9.59 Å². The Morgan fingerprint density at radius 3 is 2.00 bits per heavy atom. The molecule has 0 spiro atoms. The third kappa shape index (κ3) is 10.5. The quantitative estimate of drug-likeness (QED) is 0.473. The van der Waals surface area contributed by atoms with Crippen LogP contribution in [0, 0.1) is 23.7 Å². The fraction of sp³-hybridized carbons (Fsp3) is 0.917. The first kappa shape index (κ1) is 25.0. The monoisotopic (exact) mass is 396 g/mol. The molecule has 0 radical (unpaired) electrons. The molecular weight excluding hydrogens is 352 g/mol. The van der Waals surface area contributed by atoms with E-state index in [0.29, 0.717) is 18.9 Å². The summed E-state index contributed by atoms with van der Waals surface area (Å²) in [5.74, 6) is 2.96. The van der Waals surface area contributed by atoms with E-state index in [1.807, 2.05) is 13.8 Å². The molecule has 0 saturated heterocycles. The van der Waals surface area contributed by atoms with Crippen molar-refractivity contribution in [3.63, 3.8) is 0 Å². The first-order valence-corrected chi connectivity index (χ1v) is 11.7. The maximum Gasteiger partial charge on any atom is 0.305 e. The van der Waals surface area contributed by atoms with E-state index in [0.717, 1.165) is 24.2 Å². The van der Waals surface area contributed by atoms with Crippen molar-refractivity contribution in [2.24, 2.45) is 23.7 Å². The molecule has 0 aromatic heterocycles. The second-order valence-corrected chi connectivity index (χ2v) is 9.10. The lowest BCUT2D eigenvalue weighted by Crippen LogP contribution is -2.24. The normalized spacial score (nSPS) is 24.1. The molecule has 0 amide bonds. The van der Waals surface area contributed by atoms with Gasteiger partial charge in [0.05, 0.1) is 6.61 Å². The Hall–Kier alpha value is -1.06. The van der Waals surface area contributed by atoms with Gasteiger partial charge in [0.15, 0.2) is 0 Å². The standard InChI is InChI=1S/C14H26O2.C10H18O2/c1-4-14(15)16-10-9-12-5-7-13(8-6-12)11(2)3;1-8(12-9(2)11)10-6-4-3-5-7-10/h11-13H,4-10H2,1-3H3;8,10H,3-7H2,1-2H3. The van der Waals surface area contributed by atoms with Crippen LogP contribution >= 0.6 is 0 Å². The minimum absolute atomic E-state index is 0.0594. The molecule has 0 N–H and O–H groups in total. The van der Waals surface area contributed by atoms with Crippen LogP contribution in [0.1, 0.15) is 105 Å². The molecule has 0 aliphatic heterocycles. The zero-order chi connectivity index (χ0) is 20.9. The van der Waals surface area contributed by atoms with E-state index in [1.54, 1.807) is 0 Å². The predicted molar refractivity (Wildman–Crippen MR) is 114 cm³/mol. The Morgan fingerprint density at radius 2 is 1.50 bits per heavy atom. The zero-order valence-corrected chi connectivity index (χ0v) is 19.0. The van der Waals surface area contributed by atoms with Gasteiger partial charge in [-0.2, -0.15) is 0 Å². The van der Waals surface area contributed by atoms with Crippen LogP contribution in [0.4, 0.5) is 0 Å². The highest BCUT2D eigenvalue weighted by Crippen LogP contribution is 2.34. The van der Waals surface area contributed by atoms with E-state index in [2.05, 4.69) is 13.8 Å². The van der Waals surface area contributed by atoms with Gasteiger partial charge in [-0.1, -0.05) is 52.9 Å². The minimum Gasteiger partial charge on any atom is -0.466 e. The van der Waals surface area contributed by atoms with Gasteiger partial charge in [-0.05, 0) is 62.7 Å². The summed E-state index contributed by atoms with van der Waals surface area (Å²) in [5, 5.41) is 0. The molecule has 1 unspecified atom stereocenters. The van der Waals surface area contributed by atoms with E-state index in [1.165, 1.54) is 64.7 Å². The molecule has 1 atom stereocenters. The third-order valence-corrected chi connectivity index (χ3v) is 6.58. The van der Waals surface area contributed by atoms with Crippen molar-refractivity contribution in [2.45, 2.75) is 111 Å². The second-order valence-electron chi connectivity index (χ2n) is 9.10. The Bertz CT molecular complexity index is 432. The van der Waals surface area contributed by atoms with Crippen molar-refractivity contribution in [1.29, 1.82) is 0 Å². The van der Waals surface area contributed by atoms with Crippen LogP contribution in [0.2, 0.25) is 0 Å². The number of carbonyl (C=O) groups excluding carboxylic acids is 2. The molecule has 0 aromatic rings. The Morgan fingerprint density at radius 1 is 0.893 bits per heavy atom. The smallest absolute Gasteiger partial charge is 0.305 e. The number of ether oxygens (including phenoxy) is 2. The van der Waals surface area contributed by atoms with Crippen molar-refractivity contribution in [3.8, 4) is 0 Å². The van der Waals surface area contributed by atoms with Gasteiger partial charge < -0.3 is 9.47 Å². The summed E-state index contributed by atoms with van der Waals surface area (Å²) in [6.07, 6.45) is 13.5. The number of hydrogen-bond donors (Lipinski definition) is 0. The Kier molecular flexibility index (Phi) is 12.5. The molecule has 0 heterocycles. The summed E-state index contributed by atoms with van der Waals surface area (Å²) in [6.45, 7) is 10.6. The first-order valence-electron chi connectivity index (χ1n) is 11.7. The second kappa shape index (κ2) is 14.0. The van der Waals surface area contributed by atoms with Crippen LogP contribution in [-0.2, 0) is 19.1 Å². The molecule has 4 heteroatoms. The average Bonchev–Trinajstić information content (AvgIpc) is 2.69. The molecule has 164 valence electrons. The van der Waals surface area contributed by atoms with E-state index in [4.69, 9.17) is 9.47 Å². The summed E-state index contributed by atoms with van der Waals surface area (Å²) >= 11 is 0. The fourth-order valence-electron chi connectivity index (χ4n) is 4.55. The molecular formula is C24H44O4. The number of hydrogen-bond acceptors (Lipinski definition) is 4. The molecule has 2 rings (SSSR count). The predicted octanol–water partition coefficient (Wildman–Crippen LogP) is 6.31. The molecule has 2 aliphatic rings. The summed E-state index contributed by atoms with van der Waals surface area (Å²) in [7, 11) is 0. The van der Waals surface area contributed by atoms with Crippen molar-refractivity contribution >= 4 is 11.9 Å².